The summed E-state index contributed by atoms with van der Waals surface area (Å²) in [5.41, 5.74) is 3.61. The molecule has 0 amide bonds. The lowest BCUT2D eigenvalue weighted by molar-refractivity contribution is 0.422. The molecule has 0 saturated heterocycles. The molecule has 1 N–H and O–H groups in total. The summed E-state index contributed by atoms with van der Waals surface area (Å²) < 4.78 is 0. The van der Waals surface area contributed by atoms with Gasteiger partial charge < -0.3 is 5.11 Å². The molecule has 2 aromatic carbocycles. The Balaban J connectivity index is 2.35. The molecule has 0 aromatic heterocycles. The molecule has 25 heavy (non-hydrogen) atoms. The monoisotopic (exact) mass is 353 g/mol. The molecule has 0 fully saturated rings. The Hall–Kier alpha value is -1.92. The molecule has 2 rings (SSSR count). The first kappa shape index (κ1) is 19.4. The van der Waals surface area contributed by atoms with Crippen molar-refractivity contribution in [3.05, 3.63) is 58.7 Å². The number of rotatable bonds is 3. The van der Waals surface area contributed by atoms with E-state index in [9.17, 15) is 5.11 Å². The molecule has 3 heteroatoms. The minimum absolute atomic E-state index is 0.116. The average Bonchev–Trinajstić information content (AvgIpc) is 2.52. The van der Waals surface area contributed by atoms with Crippen molar-refractivity contribution >= 4 is 11.8 Å². The van der Waals surface area contributed by atoms with E-state index in [1.54, 1.807) is 11.8 Å². The van der Waals surface area contributed by atoms with Gasteiger partial charge in [-0.05, 0) is 40.7 Å². The van der Waals surface area contributed by atoms with Crippen LogP contribution in [0.1, 0.15) is 63.8 Å². The van der Waals surface area contributed by atoms with Gasteiger partial charge in [0.25, 0.3) is 0 Å². The van der Waals surface area contributed by atoms with Crippen LogP contribution in [-0.4, -0.2) is 5.11 Å². The number of aromatic hydroxyl groups is 1. The topological polar surface area (TPSA) is 44.0 Å². The van der Waals surface area contributed by atoms with E-state index < -0.39 is 0 Å². The van der Waals surface area contributed by atoms with Gasteiger partial charge in [0.2, 0.25) is 0 Å². The quantitative estimate of drug-likeness (QED) is 0.673. The number of hydrogen-bond donors (Lipinski definition) is 1. The lowest BCUT2D eigenvalue weighted by Gasteiger charge is -2.28. The molecular formula is C22H27NOS. The van der Waals surface area contributed by atoms with Gasteiger partial charge in [0.05, 0.1) is 11.6 Å². The molecule has 0 saturated carbocycles. The second-order valence-electron chi connectivity index (χ2n) is 8.46. The van der Waals surface area contributed by atoms with Crippen LogP contribution in [0.3, 0.4) is 0 Å². The van der Waals surface area contributed by atoms with Crippen molar-refractivity contribution in [2.24, 2.45) is 0 Å². The van der Waals surface area contributed by atoms with Gasteiger partial charge in [-0.25, -0.2) is 0 Å². The van der Waals surface area contributed by atoms with Crippen LogP contribution in [0.25, 0.3) is 0 Å². The molecular weight excluding hydrogens is 326 g/mol. The largest absolute Gasteiger partial charge is 0.507 e. The second kappa shape index (κ2) is 7.14. The number of benzene rings is 2. The molecule has 0 aliphatic rings. The number of thioether (sulfide) groups is 1. The Morgan fingerprint density at radius 1 is 0.920 bits per heavy atom. The number of hydrogen-bond acceptors (Lipinski definition) is 3. The first-order valence-corrected chi connectivity index (χ1v) is 9.51. The third kappa shape index (κ3) is 4.80. The fraction of sp³-hybridized carbons (Fsp3) is 0.409. The second-order valence-corrected chi connectivity index (χ2v) is 9.51. The van der Waals surface area contributed by atoms with Gasteiger partial charge in [0.1, 0.15) is 5.75 Å². The summed E-state index contributed by atoms with van der Waals surface area (Å²) in [5, 5.41) is 19.7. The zero-order chi connectivity index (χ0) is 18.8. The molecule has 0 heterocycles. The van der Waals surface area contributed by atoms with Crippen molar-refractivity contribution in [2.75, 3.05) is 0 Å². The summed E-state index contributed by atoms with van der Waals surface area (Å²) in [4.78, 5) is 1.16. The van der Waals surface area contributed by atoms with Crippen LogP contribution in [-0.2, 0) is 16.6 Å². The lowest BCUT2D eigenvalue weighted by Crippen LogP contribution is -2.17. The maximum Gasteiger partial charge on any atom is 0.123 e. The van der Waals surface area contributed by atoms with Crippen molar-refractivity contribution in [1.29, 1.82) is 5.26 Å². The van der Waals surface area contributed by atoms with Crippen molar-refractivity contribution < 1.29 is 5.11 Å². The SMILES string of the molecule is CC(C)(C)c1cc(SCc2ccc(C#N)cc2)cc(C(C)(C)C)c1O. The van der Waals surface area contributed by atoms with Gasteiger partial charge in [-0.2, -0.15) is 5.26 Å². The molecule has 2 aromatic rings. The van der Waals surface area contributed by atoms with Crippen LogP contribution in [0.5, 0.6) is 5.75 Å². The molecule has 0 aliphatic heterocycles. The number of phenolic OH excluding ortho intramolecular Hbond substituents is 1. The van der Waals surface area contributed by atoms with E-state index in [0.717, 1.165) is 21.8 Å². The van der Waals surface area contributed by atoms with E-state index >= 15 is 0 Å². The summed E-state index contributed by atoms with van der Waals surface area (Å²) in [6.45, 7) is 12.8. The van der Waals surface area contributed by atoms with E-state index in [-0.39, 0.29) is 10.8 Å². The zero-order valence-electron chi connectivity index (χ0n) is 16.0. The summed E-state index contributed by atoms with van der Waals surface area (Å²) in [6, 6.07) is 14.1. The normalized spacial score (nSPS) is 12.0. The van der Waals surface area contributed by atoms with Crippen molar-refractivity contribution in [1.82, 2.24) is 0 Å². The van der Waals surface area contributed by atoms with Gasteiger partial charge in [-0.3, -0.25) is 0 Å². The highest BCUT2D eigenvalue weighted by Gasteiger charge is 2.26. The van der Waals surface area contributed by atoms with Crippen LogP contribution in [0.4, 0.5) is 0 Å². The molecule has 132 valence electrons. The molecule has 0 bridgehead atoms. The molecule has 0 unspecified atom stereocenters. The number of nitrogens with zero attached hydrogens (tertiary/aromatic N) is 1. The number of nitriles is 1. The van der Waals surface area contributed by atoms with E-state index in [1.807, 2.05) is 24.3 Å². The van der Waals surface area contributed by atoms with E-state index in [1.165, 1.54) is 5.56 Å². The predicted molar refractivity (Wildman–Crippen MR) is 106 cm³/mol. The van der Waals surface area contributed by atoms with Crippen LogP contribution >= 0.6 is 11.8 Å². The Morgan fingerprint density at radius 3 is 1.80 bits per heavy atom. The number of phenols is 1. The van der Waals surface area contributed by atoms with Crippen LogP contribution < -0.4 is 0 Å². The fourth-order valence-corrected chi connectivity index (χ4v) is 3.61. The van der Waals surface area contributed by atoms with Gasteiger partial charge in [0, 0.05) is 21.8 Å². The summed E-state index contributed by atoms with van der Waals surface area (Å²) in [6.07, 6.45) is 0. The first-order chi connectivity index (χ1) is 11.5. The van der Waals surface area contributed by atoms with Crippen LogP contribution in [0, 0.1) is 11.3 Å². The zero-order valence-corrected chi connectivity index (χ0v) is 16.8. The Bertz CT molecular complexity index is 752. The predicted octanol–water partition coefficient (Wildman–Crippen LogP) is 6.15. The Morgan fingerprint density at radius 2 is 1.40 bits per heavy atom. The molecule has 0 aliphatic carbocycles. The van der Waals surface area contributed by atoms with Crippen molar-refractivity contribution in [3.63, 3.8) is 0 Å². The lowest BCUT2D eigenvalue weighted by atomic mass is 9.79. The van der Waals surface area contributed by atoms with Crippen LogP contribution in [0.2, 0.25) is 0 Å². The highest BCUT2D eigenvalue weighted by atomic mass is 32.2. The fourth-order valence-electron chi connectivity index (χ4n) is 2.68. The summed E-state index contributed by atoms with van der Waals surface area (Å²) >= 11 is 1.76. The van der Waals surface area contributed by atoms with Crippen molar-refractivity contribution in [3.8, 4) is 11.8 Å². The summed E-state index contributed by atoms with van der Waals surface area (Å²) in [5.74, 6) is 1.26. The Labute approximate surface area is 155 Å². The van der Waals surface area contributed by atoms with Crippen molar-refractivity contribution in [2.45, 2.75) is 63.0 Å². The Kier molecular flexibility index (Phi) is 5.54. The van der Waals surface area contributed by atoms with E-state index in [4.69, 9.17) is 5.26 Å². The molecule has 0 spiro atoms. The highest BCUT2D eigenvalue weighted by molar-refractivity contribution is 7.98. The standard InChI is InChI=1S/C22H27NOS/c1-21(2,3)18-11-17(12-19(20(18)24)22(4,5)6)25-14-16-9-7-15(13-23)8-10-16/h7-12,24H,14H2,1-6H3. The van der Waals surface area contributed by atoms with E-state index in [0.29, 0.717) is 11.3 Å². The van der Waals surface area contributed by atoms with E-state index in [2.05, 4.69) is 59.7 Å². The first-order valence-electron chi connectivity index (χ1n) is 8.52. The minimum Gasteiger partial charge on any atom is -0.507 e. The van der Waals surface area contributed by atoms with Gasteiger partial charge >= 0.3 is 0 Å². The van der Waals surface area contributed by atoms with Gasteiger partial charge in [-0.15, -0.1) is 11.8 Å². The molecule has 0 atom stereocenters. The average molecular weight is 354 g/mol. The third-order valence-electron chi connectivity index (χ3n) is 4.19. The van der Waals surface area contributed by atoms with Gasteiger partial charge in [0.15, 0.2) is 0 Å². The smallest absolute Gasteiger partial charge is 0.123 e. The third-order valence-corrected chi connectivity index (χ3v) is 5.23. The highest BCUT2D eigenvalue weighted by Crippen LogP contribution is 2.42. The molecule has 2 nitrogen and oxygen atoms in total. The maximum atomic E-state index is 10.8. The van der Waals surface area contributed by atoms with Crippen LogP contribution in [0.15, 0.2) is 41.3 Å². The maximum absolute atomic E-state index is 10.8. The van der Waals surface area contributed by atoms with Gasteiger partial charge in [-0.1, -0.05) is 53.7 Å². The summed E-state index contributed by atoms with van der Waals surface area (Å²) in [7, 11) is 0. The minimum atomic E-state index is -0.116. The molecule has 0 radical (unpaired) electrons.